The molecular weight excluding hydrogens is 573 g/mol. The van der Waals surface area contributed by atoms with Crippen LogP contribution in [-0.4, -0.2) is 0 Å². The lowest BCUT2D eigenvalue weighted by molar-refractivity contribution is 0.773. The third-order valence-electron chi connectivity index (χ3n) is 10.6. The van der Waals surface area contributed by atoms with Gasteiger partial charge in [0.05, 0.1) is 5.41 Å². The molecule has 8 aromatic carbocycles. The number of hydrogen-bond donors (Lipinski definition) is 0. The lowest BCUT2D eigenvalue weighted by Crippen LogP contribution is -2.31. The fourth-order valence-electron chi connectivity index (χ4n) is 8.96. The van der Waals surface area contributed by atoms with Crippen molar-refractivity contribution in [2.24, 2.45) is 0 Å². The molecule has 1 aliphatic heterocycles. The van der Waals surface area contributed by atoms with E-state index in [4.69, 9.17) is 0 Å². The smallest absolute Gasteiger partial charge is 0.0725 e. The van der Waals surface area contributed by atoms with Gasteiger partial charge in [-0.15, -0.1) is 0 Å². The van der Waals surface area contributed by atoms with Gasteiger partial charge in [0.15, 0.2) is 0 Å². The monoisotopic (exact) mass is 598 g/mol. The molecule has 3 aliphatic rings. The van der Waals surface area contributed by atoms with Crippen molar-refractivity contribution < 1.29 is 0 Å². The van der Waals surface area contributed by atoms with Gasteiger partial charge in [-0.3, -0.25) is 0 Å². The topological polar surface area (TPSA) is 0 Å². The fourth-order valence-corrected chi connectivity index (χ4v) is 10.1. The number of rotatable bonds is 1. The standard InChI is InChI=1S/C45H26S/c1-4-19-36-31(14-1)33-18-7-11-27-12-8-21-38(42(27)33)45(36)37-20-5-2-16-34(37)44-30(17-10-22-39(44)45)29-25-28-13-9-24-41-43(28)35(26-29)32-15-3-6-23-40(32)46-41/h1-26H. The van der Waals surface area contributed by atoms with Crippen molar-refractivity contribution in [3.63, 3.8) is 0 Å². The van der Waals surface area contributed by atoms with Gasteiger partial charge in [-0.2, -0.15) is 0 Å². The zero-order chi connectivity index (χ0) is 30.0. The van der Waals surface area contributed by atoms with E-state index in [1.807, 2.05) is 11.8 Å². The van der Waals surface area contributed by atoms with Crippen molar-refractivity contribution in [1.82, 2.24) is 0 Å². The molecule has 0 amide bonds. The molecule has 0 fully saturated rings. The number of benzene rings is 8. The Labute approximate surface area is 272 Å². The number of hydrogen-bond acceptors (Lipinski definition) is 1. The second-order valence-electron chi connectivity index (χ2n) is 12.8. The Morgan fingerprint density at radius 3 is 1.83 bits per heavy atom. The molecule has 1 spiro atoms. The van der Waals surface area contributed by atoms with Crippen LogP contribution in [0.1, 0.15) is 22.3 Å². The maximum atomic E-state index is 2.46. The van der Waals surface area contributed by atoms with Gasteiger partial charge in [-0.1, -0.05) is 145 Å². The SMILES string of the molecule is c1ccc2c(c1)Sc1cccc3cc(-c4cccc5c4-c4ccccc4C54c5ccccc5-c5cccc6cccc4c56)cc-2c13. The van der Waals surface area contributed by atoms with Gasteiger partial charge >= 0.3 is 0 Å². The largest absolute Gasteiger partial charge is 0.0888 e. The van der Waals surface area contributed by atoms with Crippen LogP contribution in [0.2, 0.25) is 0 Å². The van der Waals surface area contributed by atoms with E-state index in [9.17, 15) is 0 Å². The van der Waals surface area contributed by atoms with E-state index < -0.39 is 5.41 Å². The van der Waals surface area contributed by atoms with Gasteiger partial charge in [0.1, 0.15) is 0 Å². The van der Waals surface area contributed by atoms with Crippen molar-refractivity contribution in [2.45, 2.75) is 15.2 Å². The molecule has 0 N–H and O–H groups in total. The van der Waals surface area contributed by atoms with Gasteiger partial charge in [-0.05, 0) is 107 Å². The van der Waals surface area contributed by atoms with Crippen molar-refractivity contribution in [3.8, 4) is 44.5 Å². The van der Waals surface area contributed by atoms with E-state index in [1.165, 1.54) is 98.1 Å². The summed E-state index contributed by atoms with van der Waals surface area (Å²) in [7, 11) is 0. The van der Waals surface area contributed by atoms with E-state index in [-0.39, 0.29) is 0 Å². The summed E-state index contributed by atoms with van der Waals surface area (Å²) in [5.74, 6) is 0. The molecule has 2 aliphatic carbocycles. The molecule has 0 saturated carbocycles. The average molecular weight is 599 g/mol. The highest BCUT2D eigenvalue weighted by Crippen LogP contribution is 2.63. The van der Waals surface area contributed by atoms with E-state index in [2.05, 4.69) is 158 Å². The van der Waals surface area contributed by atoms with Gasteiger partial charge in [0.2, 0.25) is 0 Å². The minimum Gasteiger partial charge on any atom is -0.0888 e. The van der Waals surface area contributed by atoms with Crippen LogP contribution in [0.5, 0.6) is 0 Å². The van der Waals surface area contributed by atoms with E-state index in [0.29, 0.717) is 0 Å². The van der Waals surface area contributed by atoms with Gasteiger partial charge in [0.25, 0.3) is 0 Å². The van der Waals surface area contributed by atoms with E-state index in [1.54, 1.807) is 0 Å². The minimum atomic E-state index is -0.409. The highest BCUT2D eigenvalue weighted by Gasteiger charge is 2.50. The first-order valence-corrected chi connectivity index (χ1v) is 16.8. The quantitative estimate of drug-likeness (QED) is 0.181. The fraction of sp³-hybridized carbons (Fsp3) is 0.0222. The molecular formula is C45H26S. The molecule has 11 rings (SSSR count). The van der Waals surface area contributed by atoms with Gasteiger partial charge in [0, 0.05) is 15.2 Å². The molecule has 46 heavy (non-hydrogen) atoms. The summed E-state index contributed by atoms with van der Waals surface area (Å²) in [5.41, 5.74) is 15.7. The zero-order valence-electron chi connectivity index (χ0n) is 24.9. The summed E-state index contributed by atoms with van der Waals surface area (Å²) in [5, 5.41) is 5.33. The summed E-state index contributed by atoms with van der Waals surface area (Å²) in [6, 6.07) is 59.5. The lowest BCUT2D eigenvalue weighted by Gasteiger charge is -2.40. The summed E-state index contributed by atoms with van der Waals surface area (Å²) in [6.45, 7) is 0. The molecule has 1 atom stereocenters. The van der Waals surface area contributed by atoms with Crippen molar-refractivity contribution in [3.05, 3.63) is 180 Å². The van der Waals surface area contributed by atoms with Crippen LogP contribution in [0.15, 0.2) is 168 Å². The van der Waals surface area contributed by atoms with Crippen LogP contribution in [0.4, 0.5) is 0 Å². The Hall–Kier alpha value is -5.37. The van der Waals surface area contributed by atoms with Crippen LogP contribution in [0.3, 0.4) is 0 Å². The van der Waals surface area contributed by atoms with Crippen LogP contribution < -0.4 is 0 Å². The zero-order valence-corrected chi connectivity index (χ0v) is 25.7. The molecule has 0 radical (unpaired) electrons. The normalized spacial score (nSPS) is 16.3. The Balaban J connectivity index is 1.28. The Kier molecular flexibility index (Phi) is 4.80. The average Bonchev–Trinajstić information content (AvgIpc) is 3.41. The summed E-state index contributed by atoms with van der Waals surface area (Å²) in [4.78, 5) is 2.67. The van der Waals surface area contributed by atoms with Crippen LogP contribution >= 0.6 is 11.8 Å². The highest BCUT2D eigenvalue weighted by atomic mass is 32.2. The predicted octanol–water partition coefficient (Wildman–Crippen LogP) is 12.1. The van der Waals surface area contributed by atoms with Crippen LogP contribution in [0, 0.1) is 0 Å². The molecule has 1 heteroatoms. The first kappa shape index (κ1) is 24.9. The summed E-state index contributed by atoms with van der Waals surface area (Å²) >= 11 is 1.89. The molecule has 0 nitrogen and oxygen atoms in total. The van der Waals surface area contributed by atoms with Crippen LogP contribution in [0.25, 0.3) is 66.1 Å². The molecule has 0 bridgehead atoms. The second-order valence-corrected chi connectivity index (χ2v) is 13.8. The Morgan fingerprint density at radius 2 is 0.935 bits per heavy atom. The van der Waals surface area contributed by atoms with Crippen molar-refractivity contribution >= 4 is 33.3 Å². The number of fused-ring (bicyclic) bond motifs is 11. The Bertz CT molecular complexity index is 2620. The molecule has 0 saturated heterocycles. The predicted molar refractivity (Wildman–Crippen MR) is 193 cm³/mol. The van der Waals surface area contributed by atoms with Gasteiger partial charge in [-0.25, -0.2) is 0 Å². The molecule has 1 unspecified atom stereocenters. The molecule has 1 heterocycles. The lowest BCUT2D eigenvalue weighted by atomic mass is 9.61. The molecule has 8 aromatic rings. The first-order chi connectivity index (χ1) is 22.8. The summed E-state index contributed by atoms with van der Waals surface area (Å²) in [6.07, 6.45) is 0. The van der Waals surface area contributed by atoms with Crippen molar-refractivity contribution in [1.29, 1.82) is 0 Å². The molecule has 0 aromatic heterocycles. The Morgan fingerprint density at radius 1 is 0.348 bits per heavy atom. The highest BCUT2D eigenvalue weighted by molar-refractivity contribution is 7.99. The maximum absolute atomic E-state index is 2.46. The minimum absolute atomic E-state index is 0.409. The van der Waals surface area contributed by atoms with Crippen molar-refractivity contribution in [2.75, 3.05) is 0 Å². The van der Waals surface area contributed by atoms with Crippen LogP contribution in [-0.2, 0) is 5.41 Å². The van der Waals surface area contributed by atoms with E-state index in [0.717, 1.165) is 0 Å². The maximum Gasteiger partial charge on any atom is 0.0725 e. The molecule has 212 valence electrons. The summed E-state index contributed by atoms with van der Waals surface area (Å²) < 4.78 is 0. The second kappa shape index (κ2) is 8.88. The van der Waals surface area contributed by atoms with E-state index >= 15 is 0 Å². The van der Waals surface area contributed by atoms with Gasteiger partial charge < -0.3 is 0 Å². The third-order valence-corrected chi connectivity index (χ3v) is 11.8. The third kappa shape index (κ3) is 2.97. The first-order valence-electron chi connectivity index (χ1n) is 16.0.